The molecule has 0 bridgehead atoms. The quantitative estimate of drug-likeness (QED) is 0.734. The highest BCUT2D eigenvalue weighted by molar-refractivity contribution is 5.32. The molecule has 2 rings (SSSR count). The standard InChI is InChI=1S/C9H8FN3O/c1-6-11-12-9(14)13(6)8-4-2-3-7(10)5-8/h2-5H,1H3,(H,12,14). The molecule has 0 saturated heterocycles. The van der Waals surface area contributed by atoms with Gasteiger partial charge in [-0.15, -0.1) is 0 Å². The van der Waals surface area contributed by atoms with E-state index in [2.05, 4.69) is 10.2 Å². The summed E-state index contributed by atoms with van der Waals surface area (Å²) < 4.78 is 14.2. The number of aromatic nitrogens is 3. The third kappa shape index (κ3) is 1.32. The molecule has 0 unspecified atom stereocenters. The lowest BCUT2D eigenvalue weighted by atomic mass is 10.3. The highest BCUT2D eigenvalue weighted by atomic mass is 19.1. The van der Waals surface area contributed by atoms with Crippen LogP contribution in [0, 0.1) is 12.7 Å². The largest absolute Gasteiger partial charge is 0.347 e. The first-order chi connectivity index (χ1) is 6.68. The molecule has 0 amide bonds. The van der Waals surface area contributed by atoms with Crippen molar-refractivity contribution < 1.29 is 4.39 Å². The Kier molecular flexibility index (Phi) is 1.92. The molecule has 1 aromatic carbocycles. The van der Waals surface area contributed by atoms with E-state index in [9.17, 15) is 9.18 Å². The summed E-state index contributed by atoms with van der Waals surface area (Å²) in [4.78, 5) is 11.3. The van der Waals surface area contributed by atoms with Gasteiger partial charge in [0, 0.05) is 0 Å². The lowest BCUT2D eigenvalue weighted by molar-refractivity contribution is 0.626. The summed E-state index contributed by atoms with van der Waals surface area (Å²) in [5.74, 6) is 0.121. The minimum Gasteiger partial charge on any atom is -0.247 e. The zero-order valence-corrected chi connectivity index (χ0v) is 7.49. The first-order valence-electron chi connectivity index (χ1n) is 4.08. The second-order valence-electron chi connectivity index (χ2n) is 2.89. The molecule has 14 heavy (non-hydrogen) atoms. The van der Waals surface area contributed by atoms with Gasteiger partial charge in [-0.05, 0) is 25.1 Å². The second-order valence-corrected chi connectivity index (χ2v) is 2.89. The Bertz CT molecular complexity index is 515. The topological polar surface area (TPSA) is 50.7 Å². The van der Waals surface area contributed by atoms with E-state index in [1.54, 1.807) is 19.1 Å². The molecule has 0 fully saturated rings. The van der Waals surface area contributed by atoms with Crippen LogP contribution in [0.5, 0.6) is 0 Å². The number of halogens is 1. The fraction of sp³-hybridized carbons (Fsp3) is 0.111. The Morgan fingerprint density at radius 1 is 1.50 bits per heavy atom. The predicted octanol–water partition coefficient (Wildman–Crippen LogP) is 1.01. The van der Waals surface area contributed by atoms with Crippen molar-refractivity contribution in [3.8, 4) is 5.69 Å². The summed E-state index contributed by atoms with van der Waals surface area (Å²) in [5, 5.41) is 6.02. The number of hydrogen-bond acceptors (Lipinski definition) is 2. The van der Waals surface area contributed by atoms with Crippen molar-refractivity contribution in [1.82, 2.24) is 14.8 Å². The van der Waals surface area contributed by atoms with Crippen LogP contribution in [-0.4, -0.2) is 14.8 Å². The third-order valence-electron chi connectivity index (χ3n) is 1.91. The molecule has 1 aromatic heterocycles. The lowest BCUT2D eigenvalue weighted by Gasteiger charge is -2.01. The van der Waals surface area contributed by atoms with Crippen LogP contribution >= 0.6 is 0 Å². The van der Waals surface area contributed by atoms with Crippen molar-refractivity contribution in [2.75, 3.05) is 0 Å². The van der Waals surface area contributed by atoms with Gasteiger partial charge in [0.25, 0.3) is 0 Å². The van der Waals surface area contributed by atoms with Crippen molar-refractivity contribution >= 4 is 0 Å². The highest BCUT2D eigenvalue weighted by Gasteiger charge is 2.05. The van der Waals surface area contributed by atoms with Gasteiger partial charge in [0.2, 0.25) is 0 Å². The van der Waals surface area contributed by atoms with Crippen LogP contribution < -0.4 is 5.69 Å². The molecule has 72 valence electrons. The average molecular weight is 193 g/mol. The molecule has 0 saturated carbocycles. The number of hydrogen-bond donors (Lipinski definition) is 1. The molecule has 0 radical (unpaired) electrons. The molecule has 0 aliphatic heterocycles. The Labute approximate surface area is 79.0 Å². The molecule has 2 aromatic rings. The van der Waals surface area contributed by atoms with E-state index >= 15 is 0 Å². The molecule has 1 N–H and O–H groups in total. The summed E-state index contributed by atoms with van der Waals surface area (Å²) in [6.07, 6.45) is 0. The van der Waals surface area contributed by atoms with Gasteiger partial charge in [-0.2, -0.15) is 5.10 Å². The van der Waals surface area contributed by atoms with Gasteiger partial charge in [-0.25, -0.2) is 18.9 Å². The maximum Gasteiger partial charge on any atom is 0.347 e. The monoisotopic (exact) mass is 193 g/mol. The Morgan fingerprint density at radius 2 is 2.29 bits per heavy atom. The SMILES string of the molecule is Cc1n[nH]c(=O)n1-c1cccc(F)c1. The van der Waals surface area contributed by atoms with Crippen LogP contribution in [0.15, 0.2) is 29.1 Å². The summed E-state index contributed by atoms with van der Waals surface area (Å²) in [7, 11) is 0. The van der Waals surface area contributed by atoms with Crippen LogP contribution in [-0.2, 0) is 0 Å². The van der Waals surface area contributed by atoms with E-state index in [0.29, 0.717) is 11.5 Å². The maximum atomic E-state index is 12.9. The van der Waals surface area contributed by atoms with Crippen molar-refractivity contribution in [2.24, 2.45) is 0 Å². The molecule has 0 spiro atoms. The summed E-state index contributed by atoms with van der Waals surface area (Å²) >= 11 is 0. The fourth-order valence-corrected chi connectivity index (χ4v) is 1.29. The zero-order chi connectivity index (χ0) is 10.1. The van der Waals surface area contributed by atoms with E-state index < -0.39 is 0 Å². The molecule has 5 heteroatoms. The first kappa shape index (κ1) is 8.68. The number of rotatable bonds is 1. The van der Waals surface area contributed by atoms with Gasteiger partial charge >= 0.3 is 5.69 Å². The highest BCUT2D eigenvalue weighted by Crippen LogP contribution is 2.08. The summed E-state index contributed by atoms with van der Waals surface area (Å²) in [6, 6.07) is 5.80. The molecule has 4 nitrogen and oxygen atoms in total. The van der Waals surface area contributed by atoms with E-state index in [1.165, 1.54) is 16.7 Å². The first-order valence-corrected chi connectivity index (χ1v) is 4.08. The van der Waals surface area contributed by atoms with E-state index in [1.807, 2.05) is 0 Å². The van der Waals surface area contributed by atoms with Gasteiger partial charge in [0.1, 0.15) is 11.6 Å². The zero-order valence-electron chi connectivity index (χ0n) is 7.49. The number of nitrogens with zero attached hydrogens (tertiary/aromatic N) is 2. The van der Waals surface area contributed by atoms with Crippen molar-refractivity contribution in [1.29, 1.82) is 0 Å². The van der Waals surface area contributed by atoms with Gasteiger partial charge in [-0.1, -0.05) is 6.07 Å². The Morgan fingerprint density at radius 3 is 2.86 bits per heavy atom. The maximum absolute atomic E-state index is 12.9. The van der Waals surface area contributed by atoms with Crippen molar-refractivity contribution in [3.63, 3.8) is 0 Å². The fourth-order valence-electron chi connectivity index (χ4n) is 1.29. The number of benzene rings is 1. The van der Waals surface area contributed by atoms with Crippen molar-refractivity contribution in [2.45, 2.75) is 6.92 Å². The van der Waals surface area contributed by atoms with E-state index in [4.69, 9.17) is 0 Å². The van der Waals surface area contributed by atoms with Crippen LogP contribution in [0.25, 0.3) is 5.69 Å². The third-order valence-corrected chi connectivity index (χ3v) is 1.91. The Hall–Kier alpha value is -1.91. The number of aromatic amines is 1. The molecule has 1 heterocycles. The Balaban J connectivity index is 2.66. The van der Waals surface area contributed by atoms with Gasteiger partial charge in [0.15, 0.2) is 0 Å². The van der Waals surface area contributed by atoms with Crippen LogP contribution in [0.2, 0.25) is 0 Å². The van der Waals surface area contributed by atoms with Crippen molar-refractivity contribution in [3.05, 3.63) is 46.4 Å². The molecule has 0 aliphatic rings. The molecule has 0 aliphatic carbocycles. The summed E-state index contributed by atoms with van der Waals surface area (Å²) in [6.45, 7) is 1.67. The van der Waals surface area contributed by atoms with Crippen LogP contribution in [0.3, 0.4) is 0 Å². The minimum absolute atomic E-state index is 0.367. The van der Waals surface area contributed by atoms with E-state index in [0.717, 1.165) is 0 Å². The number of aryl methyl sites for hydroxylation is 1. The number of H-pyrrole nitrogens is 1. The van der Waals surface area contributed by atoms with E-state index in [-0.39, 0.29) is 11.5 Å². The normalized spacial score (nSPS) is 10.4. The smallest absolute Gasteiger partial charge is 0.247 e. The van der Waals surface area contributed by atoms with Gasteiger partial charge in [0.05, 0.1) is 5.69 Å². The number of nitrogens with one attached hydrogen (secondary N) is 1. The second kappa shape index (κ2) is 3.10. The van der Waals surface area contributed by atoms with Crippen LogP contribution in [0.1, 0.15) is 5.82 Å². The predicted molar refractivity (Wildman–Crippen MR) is 48.9 cm³/mol. The van der Waals surface area contributed by atoms with Gasteiger partial charge in [-0.3, -0.25) is 0 Å². The molecular weight excluding hydrogens is 185 g/mol. The average Bonchev–Trinajstić information content (AvgIpc) is 2.46. The van der Waals surface area contributed by atoms with Gasteiger partial charge < -0.3 is 0 Å². The summed E-state index contributed by atoms with van der Waals surface area (Å²) in [5.41, 5.74) is 0.106. The minimum atomic E-state index is -0.380. The van der Waals surface area contributed by atoms with Crippen LogP contribution in [0.4, 0.5) is 4.39 Å². The molecule has 0 atom stereocenters. The lowest BCUT2D eigenvalue weighted by Crippen LogP contribution is -2.15. The molecular formula is C9H8FN3O.